The summed E-state index contributed by atoms with van der Waals surface area (Å²) in [6.07, 6.45) is 8.09. The summed E-state index contributed by atoms with van der Waals surface area (Å²) in [5.41, 5.74) is 1.66. The number of hydrogen-bond donors (Lipinski definition) is 1. The number of pyridine rings is 1. The van der Waals surface area contributed by atoms with Gasteiger partial charge in [-0.15, -0.1) is 11.3 Å². The van der Waals surface area contributed by atoms with Crippen molar-refractivity contribution >= 4 is 17.2 Å². The quantitative estimate of drug-likeness (QED) is 0.795. The average molecular weight is 297 g/mol. The molecule has 21 heavy (non-hydrogen) atoms. The summed E-state index contributed by atoms with van der Waals surface area (Å²) in [6, 6.07) is 5.51. The Kier molecular flexibility index (Phi) is 3.92. The van der Waals surface area contributed by atoms with Gasteiger partial charge in [0.25, 0.3) is 5.91 Å². The van der Waals surface area contributed by atoms with Crippen LogP contribution in [0.15, 0.2) is 49.3 Å². The first-order valence-electron chi connectivity index (χ1n) is 6.22. The van der Waals surface area contributed by atoms with Gasteiger partial charge in [-0.05, 0) is 18.2 Å². The lowest BCUT2D eigenvalue weighted by atomic mass is 10.3. The molecule has 0 fully saturated rings. The van der Waals surface area contributed by atoms with E-state index in [1.54, 1.807) is 30.9 Å². The molecule has 0 aliphatic heterocycles. The number of amides is 1. The molecule has 0 aromatic carbocycles. The largest absolute Gasteiger partial charge is 0.346 e. The van der Waals surface area contributed by atoms with Crippen LogP contribution in [0.2, 0.25) is 0 Å². The molecule has 0 saturated carbocycles. The number of thiazole rings is 1. The van der Waals surface area contributed by atoms with Crippen molar-refractivity contribution in [1.82, 2.24) is 25.3 Å². The van der Waals surface area contributed by atoms with Crippen LogP contribution in [-0.2, 0) is 6.54 Å². The fourth-order valence-corrected chi connectivity index (χ4v) is 2.51. The number of nitrogens with zero attached hydrogens (tertiary/aromatic N) is 4. The third-order valence-electron chi connectivity index (χ3n) is 2.71. The molecule has 0 spiro atoms. The van der Waals surface area contributed by atoms with Crippen LogP contribution in [0, 0.1) is 0 Å². The van der Waals surface area contributed by atoms with Crippen LogP contribution in [0.4, 0.5) is 0 Å². The van der Waals surface area contributed by atoms with Gasteiger partial charge < -0.3 is 5.32 Å². The normalized spacial score (nSPS) is 10.3. The summed E-state index contributed by atoms with van der Waals surface area (Å²) in [5.74, 6) is -0.166. The molecule has 3 heterocycles. The van der Waals surface area contributed by atoms with E-state index < -0.39 is 0 Å². The lowest BCUT2D eigenvalue weighted by Crippen LogP contribution is -2.22. The molecule has 0 atom stereocenters. The van der Waals surface area contributed by atoms with Crippen molar-refractivity contribution in [3.05, 3.63) is 59.9 Å². The van der Waals surface area contributed by atoms with E-state index in [1.165, 1.54) is 17.7 Å². The first-order chi connectivity index (χ1) is 10.3. The molecule has 0 radical (unpaired) electrons. The molecule has 1 N–H and O–H groups in total. The van der Waals surface area contributed by atoms with Crippen LogP contribution in [0.25, 0.3) is 10.6 Å². The summed E-state index contributed by atoms with van der Waals surface area (Å²) in [5, 5.41) is 3.58. The Morgan fingerprint density at radius 3 is 2.86 bits per heavy atom. The summed E-state index contributed by atoms with van der Waals surface area (Å²) >= 11 is 1.33. The van der Waals surface area contributed by atoms with Gasteiger partial charge in [-0.1, -0.05) is 0 Å². The Hall–Kier alpha value is -2.67. The van der Waals surface area contributed by atoms with E-state index >= 15 is 0 Å². The number of aromatic nitrogens is 4. The summed E-state index contributed by atoms with van der Waals surface area (Å²) in [4.78, 5) is 28.8. The van der Waals surface area contributed by atoms with Crippen LogP contribution < -0.4 is 5.32 Å². The van der Waals surface area contributed by atoms with E-state index in [-0.39, 0.29) is 5.91 Å². The maximum Gasteiger partial charge on any atom is 0.263 e. The lowest BCUT2D eigenvalue weighted by Gasteiger charge is -2.01. The lowest BCUT2D eigenvalue weighted by molar-refractivity contribution is 0.0954. The maximum absolute atomic E-state index is 12.1. The van der Waals surface area contributed by atoms with E-state index in [0.29, 0.717) is 11.4 Å². The fourth-order valence-electron chi connectivity index (χ4n) is 1.68. The first kappa shape index (κ1) is 13.3. The van der Waals surface area contributed by atoms with Crippen molar-refractivity contribution in [3.8, 4) is 10.6 Å². The monoisotopic (exact) mass is 297 g/mol. The van der Waals surface area contributed by atoms with Gasteiger partial charge in [0, 0.05) is 24.2 Å². The summed E-state index contributed by atoms with van der Waals surface area (Å²) in [6.45, 7) is 0.363. The van der Waals surface area contributed by atoms with Gasteiger partial charge in [0.05, 0.1) is 18.4 Å². The van der Waals surface area contributed by atoms with Crippen LogP contribution in [0.5, 0.6) is 0 Å². The number of nitrogens with one attached hydrogen (secondary N) is 1. The zero-order valence-corrected chi connectivity index (χ0v) is 11.7. The van der Waals surface area contributed by atoms with Gasteiger partial charge >= 0.3 is 0 Å². The molecule has 3 aromatic rings. The van der Waals surface area contributed by atoms with Gasteiger partial charge in [0.2, 0.25) is 0 Å². The smallest absolute Gasteiger partial charge is 0.263 e. The minimum atomic E-state index is -0.166. The Morgan fingerprint density at radius 1 is 1.14 bits per heavy atom. The van der Waals surface area contributed by atoms with Crippen molar-refractivity contribution in [2.75, 3.05) is 0 Å². The van der Waals surface area contributed by atoms with Crippen molar-refractivity contribution in [1.29, 1.82) is 0 Å². The molecule has 1 amide bonds. The highest BCUT2D eigenvalue weighted by molar-refractivity contribution is 7.16. The second-order valence-corrected chi connectivity index (χ2v) is 5.19. The van der Waals surface area contributed by atoms with Crippen LogP contribution in [0.3, 0.4) is 0 Å². The van der Waals surface area contributed by atoms with E-state index in [9.17, 15) is 4.79 Å². The predicted molar refractivity (Wildman–Crippen MR) is 78.5 cm³/mol. The molecule has 104 valence electrons. The molecule has 0 bridgehead atoms. The SMILES string of the molecule is O=C(NCc1ccncn1)c1cnc(-c2cccnc2)s1. The number of rotatable bonds is 4. The van der Waals surface area contributed by atoms with E-state index in [2.05, 4.69) is 25.3 Å². The topological polar surface area (TPSA) is 80.7 Å². The summed E-state index contributed by atoms with van der Waals surface area (Å²) < 4.78 is 0. The second kappa shape index (κ2) is 6.19. The molecule has 6 nitrogen and oxygen atoms in total. The third kappa shape index (κ3) is 3.26. The van der Waals surface area contributed by atoms with Gasteiger partial charge in [0.15, 0.2) is 0 Å². The molecule has 0 aliphatic rings. The number of carbonyl (C=O) groups excluding carboxylic acids is 1. The highest BCUT2D eigenvalue weighted by Gasteiger charge is 2.11. The van der Waals surface area contributed by atoms with Crippen LogP contribution in [0.1, 0.15) is 15.4 Å². The van der Waals surface area contributed by atoms with E-state index in [0.717, 1.165) is 16.3 Å². The highest BCUT2D eigenvalue weighted by Crippen LogP contribution is 2.24. The molecule has 3 rings (SSSR count). The zero-order valence-electron chi connectivity index (χ0n) is 10.9. The van der Waals surface area contributed by atoms with Gasteiger partial charge in [-0.25, -0.2) is 15.0 Å². The Morgan fingerprint density at radius 2 is 2.10 bits per heavy atom. The molecular formula is C14H11N5OS. The number of hydrogen-bond acceptors (Lipinski definition) is 6. The molecule has 0 saturated heterocycles. The standard InChI is InChI=1S/C14H11N5OS/c20-13(17-7-11-3-5-16-9-19-11)12-8-18-14(21-12)10-2-1-4-15-6-10/h1-6,8-9H,7H2,(H,17,20). The predicted octanol–water partition coefficient (Wildman–Crippen LogP) is 1.93. The summed E-state index contributed by atoms with van der Waals surface area (Å²) in [7, 11) is 0. The molecule has 0 unspecified atom stereocenters. The highest BCUT2D eigenvalue weighted by atomic mass is 32.1. The van der Waals surface area contributed by atoms with Gasteiger partial charge in [-0.2, -0.15) is 0 Å². The first-order valence-corrected chi connectivity index (χ1v) is 7.04. The molecule has 7 heteroatoms. The zero-order chi connectivity index (χ0) is 14.5. The Labute approximate surface area is 125 Å². The van der Waals surface area contributed by atoms with Gasteiger partial charge in [-0.3, -0.25) is 9.78 Å². The Bertz CT molecular complexity index is 729. The van der Waals surface area contributed by atoms with Crippen molar-refractivity contribution in [3.63, 3.8) is 0 Å². The Balaban J connectivity index is 1.67. The van der Waals surface area contributed by atoms with Crippen LogP contribution in [-0.4, -0.2) is 25.8 Å². The van der Waals surface area contributed by atoms with E-state index in [1.807, 2.05) is 12.1 Å². The third-order valence-corrected chi connectivity index (χ3v) is 3.76. The maximum atomic E-state index is 12.1. The van der Waals surface area contributed by atoms with Crippen molar-refractivity contribution in [2.45, 2.75) is 6.54 Å². The van der Waals surface area contributed by atoms with Crippen LogP contribution >= 0.6 is 11.3 Å². The number of carbonyl (C=O) groups is 1. The average Bonchev–Trinajstić information content (AvgIpc) is 3.04. The van der Waals surface area contributed by atoms with Crippen molar-refractivity contribution < 1.29 is 4.79 Å². The second-order valence-electron chi connectivity index (χ2n) is 4.15. The van der Waals surface area contributed by atoms with E-state index in [4.69, 9.17) is 0 Å². The minimum absolute atomic E-state index is 0.166. The van der Waals surface area contributed by atoms with Gasteiger partial charge in [0.1, 0.15) is 16.2 Å². The molecular weight excluding hydrogens is 286 g/mol. The fraction of sp³-hybridized carbons (Fsp3) is 0.0714. The molecule has 0 aliphatic carbocycles. The minimum Gasteiger partial charge on any atom is -0.346 e. The molecule has 3 aromatic heterocycles. The van der Waals surface area contributed by atoms with Crippen molar-refractivity contribution in [2.24, 2.45) is 0 Å².